The van der Waals surface area contributed by atoms with Gasteiger partial charge in [-0.15, -0.1) is 0 Å². The van der Waals surface area contributed by atoms with Gasteiger partial charge in [-0.1, -0.05) is 50.4 Å². The highest BCUT2D eigenvalue weighted by atomic mass is 35.5. The molecule has 224 valence electrons. The molecule has 2 heterocycles. The molecule has 0 aromatic heterocycles. The summed E-state index contributed by atoms with van der Waals surface area (Å²) >= 11 is 6.37. The van der Waals surface area contributed by atoms with Crippen LogP contribution in [0.25, 0.3) is 0 Å². The number of likely N-dealkylation sites (tertiary alicyclic amines) is 1. The van der Waals surface area contributed by atoms with Crippen LogP contribution in [-0.4, -0.2) is 72.0 Å². The highest BCUT2D eigenvalue weighted by Gasteiger charge is 2.57. The van der Waals surface area contributed by atoms with Gasteiger partial charge in [-0.05, 0) is 42.1 Å². The molecule has 1 aromatic rings. The lowest BCUT2D eigenvalue weighted by Crippen LogP contribution is -2.57. The van der Waals surface area contributed by atoms with Crippen LogP contribution in [0.2, 0.25) is 5.02 Å². The molecule has 41 heavy (non-hydrogen) atoms. The van der Waals surface area contributed by atoms with Gasteiger partial charge in [0, 0.05) is 30.9 Å². The van der Waals surface area contributed by atoms with Gasteiger partial charge in [-0.25, -0.2) is 4.79 Å². The van der Waals surface area contributed by atoms with Gasteiger partial charge >= 0.3 is 5.97 Å². The molecular weight excluding hydrogens is 550 g/mol. The number of hydrogen-bond donors (Lipinski definition) is 2. The lowest BCUT2D eigenvalue weighted by molar-refractivity contribution is -0.150. The number of amides is 2. The normalized spacial score (nSPS) is 29.3. The quantitative estimate of drug-likeness (QED) is 0.460. The van der Waals surface area contributed by atoms with Crippen LogP contribution in [0.4, 0.5) is 0 Å². The number of nitrogens with one attached hydrogen (secondary N) is 1. The van der Waals surface area contributed by atoms with Crippen molar-refractivity contribution in [2.45, 2.75) is 89.8 Å². The predicted molar refractivity (Wildman–Crippen MR) is 152 cm³/mol. The fraction of sp³-hybridized carbons (Fsp3) is 0.667. The molecule has 2 aliphatic heterocycles. The molecule has 2 amide bonds. The lowest BCUT2D eigenvalue weighted by Gasteiger charge is -2.35. The van der Waals surface area contributed by atoms with E-state index in [1.807, 2.05) is 20.8 Å². The van der Waals surface area contributed by atoms with Gasteiger partial charge in [0.15, 0.2) is 5.60 Å². The minimum atomic E-state index is -1.13. The standard InChI is InChI=1S/C30H40ClN3O7/c1-28(2,3)25(32-24(35)15-29-9-7-6-8-17(29)12-29)26(36)34-16-30(14-21(34)27(37)38)13-20(33-41-30)18-10-19(31)23(40-5)11-22(18)39-4/h10-11,17,21,25H,6-9,12-16H2,1-5H3,(H,32,35)(H,37,38)/t17?,21-,25+,29?,30+/m0/s1. The average molecular weight is 590 g/mol. The Kier molecular flexibility index (Phi) is 7.68. The highest BCUT2D eigenvalue weighted by molar-refractivity contribution is 6.32. The first-order chi connectivity index (χ1) is 19.3. The molecule has 1 saturated heterocycles. The van der Waals surface area contributed by atoms with Crippen LogP contribution in [0.15, 0.2) is 17.3 Å². The Morgan fingerprint density at radius 3 is 2.56 bits per heavy atom. The van der Waals surface area contributed by atoms with Gasteiger partial charge in [-0.2, -0.15) is 0 Å². The van der Waals surface area contributed by atoms with Gasteiger partial charge in [0.05, 0.1) is 31.5 Å². The first-order valence-electron chi connectivity index (χ1n) is 14.3. The van der Waals surface area contributed by atoms with E-state index in [2.05, 4.69) is 10.5 Å². The summed E-state index contributed by atoms with van der Waals surface area (Å²) in [5.41, 5.74) is -0.445. The maximum atomic E-state index is 14.0. The first-order valence-corrected chi connectivity index (χ1v) is 14.7. The van der Waals surface area contributed by atoms with Crippen molar-refractivity contribution in [1.82, 2.24) is 10.2 Å². The van der Waals surface area contributed by atoms with Crippen molar-refractivity contribution in [3.8, 4) is 11.5 Å². The molecule has 1 aromatic carbocycles. The van der Waals surface area contributed by atoms with Crippen LogP contribution in [0.5, 0.6) is 11.5 Å². The van der Waals surface area contributed by atoms with Crippen molar-refractivity contribution >= 4 is 35.1 Å². The van der Waals surface area contributed by atoms with Crippen molar-refractivity contribution in [2.75, 3.05) is 20.8 Å². The molecule has 10 nitrogen and oxygen atoms in total. The maximum Gasteiger partial charge on any atom is 0.326 e. The Morgan fingerprint density at radius 2 is 1.93 bits per heavy atom. The minimum absolute atomic E-state index is 0.0243. The van der Waals surface area contributed by atoms with Gasteiger partial charge in [0.1, 0.15) is 23.6 Å². The Hall–Kier alpha value is -3.01. The van der Waals surface area contributed by atoms with Crippen molar-refractivity contribution in [3.63, 3.8) is 0 Å². The van der Waals surface area contributed by atoms with E-state index in [9.17, 15) is 19.5 Å². The number of carboxylic acid groups (broad SMARTS) is 1. The van der Waals surface area contributed by atoms with E-state index >= 15 is 0 Å². The average Bonchev–Trinajstić information content (AvgIpc) is 3.28. The molecular formula is C30H40ClN3O7. The van der Waals surface area contributed by atoms with Gasteiger partial charge in [-0.3, -0.25) is 9.59 Å². The summed E-state index contributed by atoms with van der Waals surface area (Å²) in [6.07, 6.45) is 6.39. The zero-order chi connectivity index (χ0) is 29.7. The third-order valence-corrected chi connectivity index (χ3v) is 9.65. The van der Waals surface area contributed by atoms with Crippen LogP contribution in [-0.2, 0) is 19.2 Å². The van der Waals surface area contributed by atoms with E-state index in [0.717, 1.165) is 19.3 Å². The number of oxime groups is 1. The van der Waals surface area contributed by atoms with E-state index in [0.29, 0.717) is 40.1 Å². The van der Waals surface area contributed by atoms with E-state index in [-0.39, 0.29) is 30.7 Å². The number of carbonyl (C=O) groups excluding carboxylic acids is 2. The van der Waals surface area contributed by atoms with E-state index < -0.39 is 35.0 Å². The molecule has 3 fully saturated rings. The fourth-order valence-corrected chi connectivity index (χ4v) is 7.25. The Bertz CT molecular complexity index is 1280. The van der Waals surface area contributed by atoms with Crippen molar-refractivity contribution in [3.05, 3.63) is 22.7 Å². The monoisotopic (exact) mass is 589 g/mol. The fourth-order valence-electron chi connectivity index (χ4n) is 7.01. The van der Waals surface area contributed by atoms with Gasteiger partial charge < -0.3 is 29.6 Å². The van der Waals surface area contributed by atoms with Gasteiger partial charge in [0.25, 0.3) is 0 Å². The molecule has 11 heteroatoms. The number of fused-ring (bicyclic) bond motifs is 1. The van der Waals surface area contributed by atoms with Crippen LogP contribution < -0.4 is 14.8 Å². The summed E-state index contributed by atoms with van der Waals surface area (Å²) < 4.78 is 10.8. The highest BCUT2D eigenvalue weighted by Crippen LogP contribution is 2.63. The zero-order valence-corrected chi connectivity index (χ0v) is 25.2. The van der Waals surface area contributed by atoms with Crippen LogP contribution in [0.1, 0.15) is 77.7 Å². The first kappa shape index (κ1) is 29.5. The summed E-state index contributed by atoms with van der Waals surface area (Å²) in [5.74, 6) is -0.162. The second-order valence-electron chi connectivity index (χ2n) is 13.3. The van der Waals surface area contributed by atoms with Crippen LogP contribution >= 0.6 is 11.6 Å². The SMILES string of the molecule is COc1cc(OC)c(C2=NO[C@]3(C2)C[C@@H](C(=O)O)N(C(=O)[C@@H](NC(=O)CC24CCCCC2C4)C(C)(C)C)C3)cc1Cl. The van der Waals surface area contributed by atoms with Crippen LogP contribution in [0, 0.1) is 16.7 Å². The van der Waals surface area contributed by atoms with E-state index in [4.69, 9.17) is 25.9 Å². The molecule has 2 unspecified atom stereocenters. The Balaban J connectivity index is 1.33. The van der Waals surface area contributed by atoms with Crippen molar-refractivity contribution in [1.29, 1.82) is 0 Å². The third-order valence-electron chi connectivity index (χ3n) is 9.36. The number of hydrogen-bond acceptors (Lipinski definition) is 7. The number of rotatable bonds is 8. The number of carbonyl (C=O) groups is 3. The molecule has 2 aliphatic carbocycles. The van der Waals surface area contributed by atoms with Crippen LogP contribution in [0.3, 0.4) is 0 Å². The summed E-state index contributed by atoms with van der Waals surface area (Å²) in [6, 6.07) is 1.33. The summed E-state index contributed by atoms with van der Waals surface area (Å²) in [7, 11) is 3.03. The summed E-state index contributed by atoms with van der Waals surface area (Å²) in [6.45, 7) is 5.66. The predicted octanol–water partition coefficient (Wildman–Crippen LogP) is 4.41. The third kappa shape index (κ3) is 5.59. The lowest BCUT2D eigenvalue weighted by atomic mass is 9.83. The van der Waals surface area contributed by atoms with Gasteiger partial charge in [0.2, 0.25) is 11.8 Å². The number of methoxy groups -OCH3 is 2. The second-order valence-corrected chi connectivity index (χ2v) is 13.7. The number of carboxylic acids is 1. The maximum absolute atomic E-state index is 14.0. The smallest absolute Gasteiger partial charge is 0.326 e. The molecule has 4 aliphatic rings. The molecule has 0 radical (unpaired) electrons. The Morgan fingerprint density at radius 1 is 1.20 bits per heavy atom. The molecule has 2 saturated carbocycles. The summed E-state index contributed by atoms with van der Waals surface area (Å²) in [4.78, 5) is 46.9. The molecule has 5 atom stereocenters. The van der Waals surface area contributed by atoms with E-state index in [1.165, 1.54) is 32.0 Å². The molecule has 2 N–H and O–H groups in total. The van der Waals surface area contributed by atoms with E-state index in [1.54, 1.807) is 12.1 Å². The summed E-state index contributed by atoms with van der Waals surface area (Å²) in [5, 5.41) is 17.8. The minimum Gasteiger partial charge on any atom is -0.496 e. The topological polar surface area (TPSA) is 127 Å². The zero-order valence-electron chi connectivity index (χ0n) is 24.4. The largest absolute Gasteiger partial charge is 0.496 e. The number of ether oxygens (including phenoxy) is 2. The molecule has 0 bridgehead atoms. The van der Waals surface area contributed by atoms with Crippen molar-refractivity contribution < 1.29 is 33.8 Å². The van der Waals surface area contributed by atoms with Crippen molar-refractivity contribution in [2.24, 2.45) is 21.9 Å². The number of nitrogens with zero attached hydrogens (tertiary/aromatic N) is 2. The molecule has 1 spiro atoms. The Labute approximate surface area is 245 Å². The second kappa shape index (κ2) is 10.7. The number of aliphatic carboxylic acids is 1. The number of benzene rings is 1. The number of halogens is 1. The molecule has 5 rings (SSSR count).